The van der Waals surface area contributed by atoms with Crippen LogP contribution in [0.4, 0.5) is 0 Å². The van der Waals surface area contributed by atoms with Crippen LogP contribution >= 0.6 is 0 Å². The molecule has 1 amide bonds. The standard InChI is InChI=1S/C13H16N4O2/c1-3-9(2)16-11(18)7-17-8-15-12-10(13(17)19)5-4-6-14-12/h4-6,8-9H,3,7H2,1-2H3,(H,16,18). The van der Waals surface area contributed by atoms with Crippen molar-refractivity contribution in [2.45, 2.75) is 32.9 Å². The van der Waals surface area contributed by atoms with E-state index < -0.39 is 0 Å². The number of nitrogens with one attached hydrogen (secondary N) is 1. The summed E-state index contributed by atoms with van der Waals surface area (Å²) in [4.78, 5) is 31.9. The van der Waals surface area contributed by atoms with Crippen molar-refractivity contribution < 1.29 is 4.79 Å². The Balaban J connectivity index is 2.24. The second-order valence-corrected chi connectivity index (χ2v) is 4.43. The van der Waals surface area contributed by atoms with Crippen molar-refractivity contribution in [3.8, 4) is 0 Å². The van der Waals surface area contributed by atoms with Crippen molar-refractivity contribution >= 4 is 16.9 Å². The van der Waals surface area contributed by atoms with Crippen molar-refractivity contribution in [3.05, 3.63) is 35.0 Å². The van der Waals surface area contributed by atoms with Crippen LogP contribution in [0.15, 0.2) is 29.5 Å². The van der Waals surface area contributed by atoms with Gasteiger partial charge in [-0.3, -0.25) is 14.2 Å². The Labute approximate surface area is 110 Å². The van der Waals surface area contributed by atoms with E-state index in [-0.39, 0.29) is 24.1 Å². The fraction of sp³-hybridized carbons (Fsp3) is 0.385. The molecule has 19 heavy (non-hydrogen) atoms. The predicted octanol–water partition coefficient (Wildman–Crippen LogP) is 0.706. The fourth-order valence-corrected chi connectivity index (χ4v) is 1.69. The number of hydrogen-bond donors (Lipinski definition) is 1. The summed E-state index contributed by atoms with van der Waals surface area (Å²) in [6, 6.07) is 3.42. The minimum atomic E-state index is -0.252. The van der Waals surface area contributed by atoms with E-state index in [9.17, 15) is 9.59 Å². The van der Waals surface area contributed by atoms with E-state index in [0.717, 1.165) is 6.42 Å². The van der Waals surface area contributed by atoms with Gasteiger partial charge in [-0.25, -0.2) is 9.97 Å². The zero-order chi connectivity index (χ0) is 13.8. The number of pyridine rings is 1. The van der Waals surface area contributed by atoms with E-state index >= 15 is 0 Å². The van der Waals surface area contributed by atoms with Crippen LogP contribution in [-0.2, 0) is 11.3 Å². The van der Waals surface area contributed by atoms with Crippen molar-refractivity contribution in [3.63, 3.8) is 0 Å². The average molecular weight is 260 g/mol. The van der Waals surface area contributed by atoms with E-state index in [0.29, 0.717) is 11.0 Å². The lowest BCUT2D eigenvalue weighted by molar-refractivity contribution is -0.122. The normalized spacial score (nSPS) is 12.3. The summed E-state index contributed by atoms with van der Waals surface area (Å²) in [6.45, 7) is 3.88. The van der Waals surface area contributed by atoms with E-state index in [2.05, 4.69) is 15.3 Å². The number of amides is 1. The summed E-state index contributed by atoms with van der Waals surface area (Å²) in [5, 5.41) is 3.23. The molecule has 1 atom stereocenters. The molecule has 6 heteroatoms. The Hall–Kier alpha value is -2.24. The SMILES string of the molecule is CCC(C)NC(=O)Cn1cnc2ncccc2c1=O. The quantitative estimate of drug-likeness (QED) is 0.878. The molecule has 0 spiro atoms. The Kier molecular flexibility index (Phi) is 3.89. The first-order valence-corrected chi connectivity index (χ1v) is 6.21. The third-order valence-corrected chi connectivity index (χ3v) is 2.93. The molecule has 2 aromatic heterocycles. The van der Waals surface area contributed by atoms with Gasteiger partial charge < -0.3 is 5.32 Å². The second kappa shape index (κ2) is 5.60. The van der Waals surface area contributed by atoms with Gasteiger partial charge in [0.25, 0.3) is 5.56 Å². The van der Waals surface area contributed by atoms with Gasteiger partial charge in [-0.2, -0.15) is 0 Å². The van der Waals surface area contributed by atoms with Crippen LogP contribution in [0, 0.1) is 0 Å². The molecule has 0 saturated carbocycles. The number of aromatic nitrogens is 3. The van der Waals surface area contributed by atoms with Gasteiger partial charge in [0.05, 0.1) is 5.39 Å². The highest BCUT2D eigenvalue weighted by Crippen LogP contribution is 2.00. The van der Waals surface area contributed by atoms with Crippen molar-refractivity contribution in [1.29, 1.82) is 0 Å². The molecule has 0 aliphatic rings. The first kappa shape index (κ1) is 13.2. The van der Waals surface area contributed by atoms with Gasteiger partial charge in [0.15, 0.2) is 5.65 Å². The van der Waals surface area contributed by atoms with Gasteiger partial charge in [0.2, 0.25) is 5.91 Å². The average Bonchev–Trinajstić information content (AvgIpc) is 2.42. The van der Waals surface area contributed by atoms with Gasteiger partial charge in [-0.05, 0) is 25.5 Å². The number of carbonyl (C=O) groups excluding carboxylic acids is 1. The van der Waals surface area contributed by atoms with Gasteiger partial charge in [-0.1, -0.05) is 6.92 Å². The van der Waals surface area contributed by atoms with Crippen LogP contribution in [0.5, 0.6) is 0 Å². The minimum absolute atomic E-state index is 0.0268. The number of nitrogens with zero attached hydrogens (tertiary/aromatic N) is 3. The number of rotatable bonds is 4. The van der Waals surface area contributed by atoms with Crippen LogP contribution in [0.25, 0.3) is 11.0 Å². The largest absolute Gasteiger partial charge is 0.352 e. The van der Waals surface area contributed by atoms with E-state index in [1.54, 1.807) is 18.3 Å². The lowest BCUT2D eigenvalue weighted by Crippen LogP contribution is -2.37. The molecular formula is C13H16N4O2. The molecule has 2 rings (SSSR count). The third kappa shape index (κ3) is 2.96. The van der Waals surface area contributed by atoms with E-state index in [1.807, 2.05) is 13.8 Å². The smallest absolute Gasteiger partial charge is 0.263 e. The van der Waals surface area contributed by atoms with Gasteiger partial charge in [0, 0.05) is 12.2 Å². The summed E-state index contributed by atoms with van der Waals surface area (Å²) in [5.74, 6) is -0.193. The molecule has 0 fully saturated rings. The maximum absolute atomic E-state index is 12.1. The highest BCUT2D eigenvalue weighted by molar-refractivity contribution is 5.77. The maximum atomic E-state index is 12.1. The first-order chi connectivity index (χ1) is 9.11. The zero-order valence-corrected chi connectivity index (χ0v) is 11.0. The Morgan fingerprint density at radius 3 is 3.00 bits per heavy atom. The van der Waals surface area contributed by atoms with Crippen molar-refractivity contribution in [2.24, 2.45) is 0 Å². The van der Waals surface area contributed by atoms with Crippen molar-refractivity contribution in [1.82, 2.24) is 19.9 Å². The summed E-state index contributed by atoms with van der Waals surface area (Å²) in [7, 11) is 0. The molecular weight excluding hydrogens is 244 g/mol. The lowest BCUT2D eigenvalue weighted by Gasteiger charge is -2.12. The summed E-state index contributed by atoms with van der Waals surface area (Å²) in [6.07, 6.45) is 3.78. The molecule has 6 nitrogen and oxygen atoms in total. The van der Waals surface area contributed by atoms with Crippen LogP contribution in [0.1, 0.15) is 20.3 Å². The molecule has 1 N–H and O–H groups in total. The minimum Gasteiger partial charge on any atom is -0.352 e. The number of carbonyl (C=O) groups is 1. The highest BCUT2D eigenvalue weighted by atomic mass is 16.2. The summed E-state index contributed by atoms with van der Waals surface area (Å²) in [5.41, 5.74) is 0.142. The second-order valence-electron chi connectivity index (χ2n) is 4.43. The molecule has 0 aliphatic heterocycles. The van der Waals surface area contributed by atoms with E-state index in [1.165, 1.54) is 10.9 Å². The Morgan fingerprint density at radius 1 is 1.47 bits per heavy atom. The summed E-state index contributed by atoms with van der Waals surface area (Å²) >= 11 is 0. The Morgan fingerprint density at radius 2 is 2.26 bits per heavy atom. The number of hydrogen-bond acceptors (Lipinski definition) is 4. The molecule has 0 bridgehead atoms. The van der Waals surface area contributed by atoms with Gasteiger partial charge in [0.1, 0.15) is 12.9 Å². The van der Waals surface area contributed by atoms with Crippen LogP contribution in [0.3, 0.4) is 0 Å². The molecule has 2 aromatic rings. The molecule has 0 aliphatic carbocycles. The first-order valence-electron chi connectivity index (χ1n) is 6.21. The third-order valence-electron chi connectivity index (χ3n) is 2.93. The predicted molar refractivity (Wildman–Crippen MR) is 71.7 cm³/mol. The monoisotopic (exact) mass is 260 g/mol. The molecule has 100 valence electrons. The van der Waals surface area contributed by atoms with Crippen LogP contribution in [0.2, 0.25) is 0 Å². The van der Waals surface area contributed by atoms with Crippen molar-refractivity contribution in [2.75, 3.05) is 0 Å². The van der Waals surface area contributed by atoms with E-state index in [4.69, 9.17) is 0 Å². The van der Waals surface area contributed by atoms with Crippen LogP contribution in [-0.4, -0.2) is 26.5 Å². The van der Waals surface area contributed by atoms with Gasteiger partial charge >= 0.3 is 0 Å². The molecule has 2 heterocycles. The molecule has 1 unspecified atom stereocenters. The topological polar surface area (TPSA) is 76.9 Å². The van der Waals surface area contributed by atoms with Crippen LogP contribution < -0.4 is 10.9 Å². The Bertz CT molecular complexity index is 650. The molecule has 0 radical (unpaired) electrons. The molecule has 0 saturated heterocycles. The maximum Gasteiger partial charge on any atom is 0.263 e. The fourth-order valence-electron chi connectivity index (χ4n) is 1.69. The zero-order valence-electron chi connectivity index (χ0n) is 11.0. The number of fused-ring (bicyclic) bond motifs is 1. The highest BCUT2D eigenvalue weighted by Gasteiger charge is 2.09. The van der Waals surface area contributed by atoms with Gasteiger partial charge in [-0.15, -0.1) is 0 Å². The lowest BCUT2D eigenvalue weighted by atomic mass is 10.2. The summed E-state index contributed by atoms with van der Waals surface area (Å²) < 4.78 is 1.29. The molecule has 0 aromatic carbocycles.